The van der Waals surface area contributed by atoms with Crippen LogP contribution in [0.3, 0.4) is 0 Å². The van der Waals surface area contributed by atoms with Crippen LogP contribution in [0.1, 0.15) is 17.0 Å². The molecule has 1 aromatic carbocycles. The number of aliphatic hydroxyl groups is 4. The van der Waals surface area contributed by atoms with Gasteiger partial charge in [-0.2, -0.15) is 0 Å². The second-order valence-corrected chi connectivity index (χ2v) is 4.33. The molecular weight excluding hydrogens is 224 g/mol. The molecular formula is C12H16O5. The summed E-state index contributed by atoms with van der Waals surface area (Å²) in [6.45, 7) is 1.92. The third-order valence-electron chi connectivity index (χ3n) is 3.06. The quantitative estimate of drug-likeness (QED) is 0.529. The van der Waals surface area contributed by atoms with Gasteiger partial charge in [-0.3, -0.25) is 0 Å². The second-order valence-electron chi connectivity index (χ2n) is 4.33. The molecule has 4 unspecified atom stereocenters. The van der Waals surface area contributed by atoms with E-state index in [1.54, 1.807) is 12.1 Å². The highest BCUT2D eigenvalue weighted by atomic mass is 16.7. The highest BCUT2D eigenvalue weighted by molar-refractivity contribution is 5.27. The molecule has 0 radical (unpaired) electrons. The third-order valence-corrected chi connectivity index (χ3v) is 3.06. The summed E-state index contributed by atoms with van der Waals surface area (Å²) in [5.41, 5.74) is 1.70. The summed E-state index contributed by atoms with van der Waals surface area (Å²) in [4.78, 5) is 0. The Kier molecular flexibility index (Phi) is 3.46. The van der Waals surface area contributed by atoms with Crippen LogP contribution in [0.4, 0.5) is 0 Å². The fraction of sp³-hybridized carbons (Fsp3) is 0.500. The van der Waals surface area contributed by atoms with Crippen LogP contribution in [0, 0.1) is 6.92 Å². The van der Waals surface area contributed by atoms with Crippen molar-refractivity contribution in [2.24, 2.45) is 0 Å². The third kappa shape index (κ3) is 2.34. The van der Waals surface area contributed by atoms with Crippen LogP contribution in [-0.4, -0.2) is 45.2 Å². The van der Waals surface area contributed by atoms with Crippen molar-refractivity contribution in [3.63, 3.8) is 0 Å². The van der Waals surface area contributed by atoms with E-state index in [-0.39, 0.29) is 0 Å². The minimum Gasteiger partial charge on any atom is -0.387 e. The van der Waals surface area contributed by atoms with E-state index in [0.717, 1.165) is 5.56 Å². The van der Waals surface area contributed by atoms with E-state index in [2.05, 4.69) is 4.74 Å². The van der Waals surface area contributed by atoms with Crippen molar-refractivity contribution in [1.29, 1.82) is 0 Å². The van der Waals surface area contributed by atoms with E-state index in [1.807, 2.05) is 19.1 Å². The Hall–Kier alpha value is -0.980. The van der Waals surface area contributed by atoms with Crippen molar-refractivity contribution < 1.29 is 25.2 Å². The molecule has 0 aliphatic carbocycles. The first-order chi connectivity index (χ1) is 8.00. The molecule has 0 saturated carbocycles. The van der Waals surface area contributed by atoms with Crippen molar-refractivity contribution in [1.82, 2.24) is 0 Å². The molecule has 94 valence electrons. The minimum absolute atomic E-state index is 0.650. The zero-order valence-corrected chi connectivity index (χ0v) is 9.39. The first-order valence-corrected chi connectivity index (χ1v) is 5.45. The Morgan fingerprint density at radius 2 is 1.35 bits per heavy atom. The maximum atomic E-state index is 9.80. The van der Waals surface area contributed by atoms with Gasteiger partial charge in [-0.15, -0.1) is 0 Å². The molecule has 4 atom stereocenters. The van der Waals surface area contributed by atoms with Crippen LogP contribution in [-0.2, 0) is 4.74 Å². The van der Waals surface area contributed by atoms with Crippen LogP contribution < -0.4 is 0 Å². The summed E-state index contributed by atoms with van der Waals surface area (Å²) in [7, 11) is 0. The molecule has 1 saturated heterocycles. The monoisotopic (exact) mass is 240 g/mol. The average molecular weight is 240 g/mol. The van der Waals surface area contributed by atoms with Crippen molar-refractivity contribution in [2.45, 2.75) is 37.6 Å². The minimum atomic E-state index is -1.50. The van der Waals surface area contributed by atoms with Gasteiger partial charge in [0.25, 0.3) is 0 Å². The Balaban J connectivity index is 2.30. The smallest absolute Gasteiger partial charge is 0.184 e. The van der Waals surface area contributed by atoms with Gasteiger partial charge in [-0.1, -0.05) is 29.8 Å². The highest BCUT2D eigenvalue weighted by Gasteiger charge is 2.43. The fourth-order valence-electron chi connectivity index (χ4n) is 2.04. The van der Waals surface area contributed by atoms with Gasteiger partial charge >= 0.3 is 0 Å². The van der Waals surface area contributed by atoms with Gasteiger partial charge in [0.05, 0.1) is 0 Å². The van der Waals surface area contributed by atoms with Gasteiger partial charge in [0.1, 0.15) is 12.2 Å². The predicted octanol–water partition coefficient (Wildman–Crippen LogP) is -0.533. The standard InChI is InChI=1S/C12H16O5/c1-6-2-4-7(5-3-6)8-9(13)11(15)17-12(16)10(8)14/h2-5,8-16H,1H3. The lowest BCUT2D eigenvalue weighted by Gasteiger charge is -2.38. The van der Waals surface area contributed by atoms with E-state index in [0.29, 0.717) is 5.56 Å². The maximum Gasteiger partial charge on any atom is 0.184 e. The van der Waals surface area contributed by atoms with Gasteiger partial charge in [0.15, 0.2) is 12.6 Å². The average Bonchev–Trinajstić information content (AvgIpc) is 2.29. The molecule has 5 heteroatoms. The van der Waals surface area contributed by atoms with Gasteiger partial charge in [0, 0.05) is 5.92 Å². The van der Waals surface area contributed by atoms with Crippen LogP contribution in [0.2, 0.25) is 0 Å². The molecule has 1 aliphatic rings. The SMILES string of the molecule is Cc1ccc(C2C(O)C(O)OC(O)C2O)cc1. The van der Waals surface area contributed by atoms with E-state index < -0.39 is 30.7 Å². The molecule has 0 amide bonds. The zero-order valence-electron chi connectivity index (χ0n) is 9.39. The summed E-state index contributed by atoms with van der Waals surface area (Å²) >= 11 is 0. The summed E-state index contributed by atoms with van der Waals surface area (Å²) in [5, 5.41) is 38.4. The lowest BCUT2D eigenvalue weighted by atomic mass is 9.85. The first-order valence-electron chi connectivity index (χ1n) is 5.45. The van der Waals surface area contributed by atoms with E-state index in [1.165, 1.54) is 0 Å². The molecule has 1 heterocycles. The fourth-order valence-corrected chi connectivity index (χ4v) is 2.04. The molecule has 1 aromatic rings. The number of hydrogen-bond acceptors (Lipinski definition) is 5. The summed E-state index contributed by atoms with van der Waals surface area (Å²) in [6, 6.07) is 7.17. The first kappa shape index (κ1) is 12.5. The molecule has 0 aromatic heterocycles. The molecule has 2 rings (SSSR count). The van der Waals surface area contributed by atoms with Crippen LogP contribution in [0.25, 0.3) is 0 Å². The van der Waals surface area contributed by atoms with Crippen molar-refractivity contribution >= 4 is 0 Å². The molecule has 4 N–H and O–H groups in total. The molecule has 1 fully saturated rings. The molecule has 0 bridgehead atoms. The maximum absolute atomic E-state index is 9.80. The van der Waals surface area contributed by atoms with Gasteiger partial charge in [0.2, 0.25) is 0 Å². The van der Waals surface area contributed by atoms with Crippen molar-refractivity contribution in [3.05, 3.63) is 35.4 Å². The van der Waals surface area contributed by atoms with Gasteiger partial charge < -0.3 is 25.2 Å². The summed E-state index contributed by atoms with van der Waals surface area (Å²) in [5.74, 6) is -0.769. The highest BCUT2D eigenvalue weighted by Crippen LogP contribution is 2.32. The van der Waals surface area contributed by atoms with E-state index >= 15 is 0 Å². The molecule has 17 heavy (non-hydrogen) atoms. The van der Waals surface area contributed by atoms with E-state index in [9.17, 15) is 20.4 Å². The number of benzene rings is 1. The number of rotatable bonds is 1. The van der Waals surface area contributed by atoms with Crippen LogP contribution >= 0.6 is 0 Å². The lowest BCUT2D eigenvalue weighted by molar-refractivity contribution is -0.307. The van der Waals surface area contributed by atoms with E-state index in [4.69, 9.17) is 0 Å². The summed E-state index contributed by atoms with van der Waals surface area (Å²) in [6.07, 6.45) is -5.54. The van der Waals surface area contributed by atoms with Crippen molar-refractivity contribution in [3.8, 4) is 0 Å². The topological polar surface area (TPSA) is 90.2 Å². The number of hydrogen-bond donors (Lipinski definition) is 4. The summed E-state index contributed by atoms with van der Waals surface area (Å²) < 4.78 is 4.60. The van der Waals surface area contributed by atoms with Crippen LogP contribution in [0.5, 0.6) is 0 Å². The number of aliphatic hydroxyl groups excluding tert-OH is 4. The Morgan fingerprint density at radius 1 is 0.882 bits per heavy atom. The normalized spacial score (nSPS) is 38.1. The molecule has 1 aliphatic heterocycles. The second kappa shape index (κ2) is 4.72. The largest absolute Gasteiger partial charge is 0.387 e. The molecule has 5 nitrogen and oxygen atoms in total. The van der Waals surface area contributed by atoms with Crippen LogP contribution in [0.15, 0.2) is 24.3 Å². The van der Waals surface area contributed by atoms with Crippen molar-refractivity contribution in [2.75, 3.05) is 0 Å². The number of ether oxygens (including phenoxy) is 1. The van der Waals surface area contributed by atoms with Gasteiger partial charge in [-0.05, 0) is 12.5 Å². The molecule has 0 spiro atoms. The van der Waals surface area contributed by atoms with Gasteiger partial charge in [-0.25, -0.2) is 0 Å². The Bertz CT molecular complexity index is 363. The predicted molar refractivity (Wildman–Crippen MR) is 59.0 cm³/mol. The Morgan fingerprint density at radius 3 is 1.82 bits per heavy atom. The number of aryl methyl sites for hydroxylation is 1. The lowest BCUT2D eigenvalue weighted by Crippen LogP contribution is -2.52. The Labute approximate surface area is 98.9 Å². The zero-order chi connectivity index (χ0) is 12.6.